The first-order valence-electron chi connectivity index (χ1n) is 6.48. The van der Waals surface area contributed by atoms with E-state index in [1.54, 1.807) is 0 Å². The minimum absolute atomic E-state index is 0.237. The lowest BCUT2D eigenvalue weighted by atomic mass is 10.0. The van der Waals surface area contributed by atoms with Crippen molar-refractivity contribution in [2.45, 2.75) is 19.1 Å². The molecule has 1 aliphatic rings. The molecule has 100 valence electrons. The summed E-state index contributed by atoms with van der Waals surface area (Å²) >= 11 is 3.63. The summed E-state index contributed by atoms with van der Waals surface area (Å²) in [6, 6.07) is 8.55. The van der Waals surface area contributed by atoms with E-state index in [0.29, 0.717) is 6.54 Å². The van der Waals surface area contributed by atoms with Crippen LogP contribution >= 0.6 is 15.9 Å². The van der Waals surface area contributed by atoms with E-state index >= 15 is 0 Å². The molecule has 2 aromatic rings. The van der Waals surface area contributed by atoms with Gasteiger partial charge in [-0.15, -0.1) is 0 Å². The van der Waals surface area contributed by atoms with E-state index in [4.69, 9.17) is 5.73 Å². The molecule has 0 radical (unpaired) electrons. The van der Waals surface area contributed by atoms with Crippen LogP contribution in [-0.4, -0.2) is 27.5 Å². The van der Waals surface area contributed by atoms with E-state index in [-0.39, 0.29) is 6.04 Å². The fourth-order valence-corrected chi connectivity index (χ4v) is 3.23. The maximum Gasteiger partial charge on any atom is 0.122 e. The van der Waals surface area contributed by atoms with Gasteiger partial charge < -0.3 is 10.3 Å². The van der Waals surface area contributed by atoms with Crippen LogP contribution in [0.15, 0.2) is 41.1 Å². The summed E-state index contributed by atoms with van der Waals surface area (Å²) in [5.41, 5.74) is 7.26. The van der Waals surface area contributed by atoms with E-state index in [0.717, 1.165) is 29.9 Å². The van der Waals surface area contributed by atoms with Crippen LogP contribution in [0.4, 0.5) is 0 Å². The Morgan fingerprint density at radius 3 is 2.95 bits per heavy atom. The van der Waals surface area contributed by atoms with Crippen molar-refractivity contribution in [3.63, 3.8) is 0 Å². The molecule has 0 bridgehead atoms. The Bertz CT molecular complexity index is 566. The van der Waals surface area contributed by atoms with Gasteiger partial charge in [-0.1, -0.05) is 34.1 Å². The zero-order valence-corrected chi connectivity index (χ0v) is 12.3. The number of nitrogens with zero attached hydrogens (tertiary/aromatic N) is 3. The van der Waals surface area contributed by atoms with Crippen LogP contribution in [0.5, 0.6) is 0 Å². The Balaban J connectivity index is 1.86. The molecule has 1 aliphatic heterocycles. The lowest BCUT2D eigenvalue weighted by Gasteiger charge is -2.34. The van der Waals surface area contributed by atoms with Crippen LogP contribution in [0.1, 0.15) is 17.4 Å². The number of aromatic nitrogens is 2. The predicted molar refractivity (Wildman–Crippen MR) is 78.6 cm³/mol. The standard InChI is InChI=1S/C14H17BrN4/c15-12-4-2-1-3-11(12)13(9-16)19-8-7-18-6-5-17-14(18)10-19/h1-6,13H,7-10,16H2. The summed E-state index contributed by atoms with van der Waals surface area (Å²) in [7, 11) is 0. The van der Waals surface area contributed by atoms with Gasteiger partial charge >= 0.3 is 0 Å². The molecule has 0 saturated heterocycles. The number of benzene rings is 1. The van der Waals surface area contributed by atoms with Crippen LogP contribution < -0.4 is 5.73 Å². The molecule has 4 nitrogen and oxygen atoms in total. The number of halogens is 1. The summed E-state index contributed by atoms with van der Waals surface area (Å²) in [6.45, 7) is 3.46. The molecule has 0 aliphatic carbocycles. The molecule has 1 aromatic heterocycles. The van der Waals surface area contributed by atoms with Crippen LogP contribution in [0, 0.1) is 0 Å². The molecule has 0 amide bonds. The largest absolute Gasteiger partial charge is 0.333 e. The Morgan fingerprint density at radius 1 is 1.32 bits per heavy atom. The SMILES string of the molecule is NCC(c1ccccc1Br)N1CCn2ccnc2C1. The molecule has 2 heterocycles. The number of nitrogens with two attached hydrogens (primary N) is 1. The Hall–Kier alpha value is -1.17. The second-order valence-corrected chi connectivity index (χ2v) is 5.63. The molecule has 0 spiro atoms. The number of hydrogen-bond donors (Lipinski definition) is 1. The van der Waals surface area contributed by atoms with E-state index < -0.39 is 0 Å². The second-order valence-electron chi connectivity index (χ2n) is 4.78. The predicted octanol–water partition coefficient (Wildman–Crippen LogP) is 2.16. The van der Waals surface area contributed by atoms with Gasteiger partial charge in [-0.3, -0.25) is 4.90 Å². The Kier molecular flexibility index (Phi) is 3.68. The molecule has 1 atom stereocenters. The van der Waals surface area contributed by atoms with Crippen molar-refractivity contribution in [1.82, 2.24) is 14.5 Å². The van der Waals surface area contributed by atoms with Crippen LogP contribution in [-0.2, 0) is 13.1 Å². The smallest absolute Gasteiger partial charge is 0.122 e. The summed E-state index contributed by atoms with van der Waals surface area (Å²) < 4.78 is 3.34. The van der Waals surface area contributed by atoms with Crippen molar-refractivity contribution >= 4 is 15.9 Å². The zero-order valence-electron chi connectivity index (χ0n) is 10.7. The molecule has 5 heteroatoms. The van der Waals surface area contributed by atoms with Gasteiger partial charge in [0.1, 0.15) is 5.82 Å². The molecular formula is C14H17BrN4. The van der Waals surface area contributed by atoms with Crippen LogP contribution in [0.25, 0.3) is 0 Å². The maximum atomic E-state index is 6.01. The third kappa shape index (κ3) is 2.45. The number of rotatable bonds is 3. The number of imidazole rings is 1. The maximum absolute atomic E-state index is 6.01. The van der Waals surface area contributed by atoms with Gasteiger partial charge in [0.25, 0.3) is 0 Å². The van der Waals surface area contributed by atoms with E-state index in [1.165, 1.54) is 5.56 Å². The highest BCUT2D eigenvalue weighted by Crippen LogP contribution is 2.29. The lowest BCUT2D eigenvalue weighted by molar-refractivity contribution is 0.156. The molecule has 1 aromatic carbocycles. The quantitative estimate of drug-likeness (QED) is 0.942. The third-order valence-corrected chi connectivity index (χ3v) is 4.42. The topological polar surface area (TPSA) is 47.1 Å². The summed E-state index contributed by atoms with van der Waals surface area (Å²) in [6.07, 6.45) is 3.91. The minimum Gasteiger partial charge on any atom is -0.333 e. The van der Waals surface area contributed by atoms with Crippen molar-refractivity contribution in [2.75, 3.05) is 13.1 Å². The summed E-state index contributed by atoms with van der Waals surface area (Å²) in [5, 5.41) is 0. The van der Waals surface area contributed by atoms with E-state index in [9.17, 15) is 0 Å². The second kappa shape index (κ2) is 5.45. The van der Waals surface area contributed by atoms with Gasteiger partial charge in [0.15, 0.2) is 0 Å². The zero-order chi connectivity index (χ0) is 13.2. The number of hydrogen-bond acceptors (Lipinski definition) is 3. The van der Waals surface area contributed by atoms with Crippen molar-refractivity contribution < 1.29 is 0 Å². The molecular weight excluding hydrogens is 304 g/mol. The first-order chi connectivity index (χ1) is 9.29. The van der Waals surface area contributed by atoms with Gasteiger partial charge in [-0.25, -0.2) is 4.98 Å². The highest BCUT2D eigenvalue weighted by atomic mass is 79.9. The molecule has 19 heavy (non-hydrogen) atoms. The molecule has 0 saturated carbocycles. The van der Waals surface area contributed by atoms with Gasteiger partial charge in [-0.05, 0) is 11.6 Å². The molecule has 1 unspecified atom stereocenters. The van der Waals surface area contributed by atoms with Crippen molar-refractivity contribution in [1.29, 1.82) is 0 Å². The average Bonchev–Trinajstić information content (AvgIpc) is 2.89. The van der Waals surface area contributed by atoms with E-state index in [1.807, 2.05) is 18.5 Å². The normalized spacial score (nSPS) is 17.2. The van der Waals surface area contributed by atoms with Gasteiger partial charge in [0.05, 0.1) is 6.54 Å². The first kappa shape index (κ1) is 12.8. The monoisotopic (exact) mass is 320 g/mol. The fraction of sp³-hybridized carbons (Fsp3) is 0.357. The van der Waals surface area contributed by atoms with Gasteiger partial charge in [-0.2, -0.15) is 0 Å². The molecule has 0 fully saturated rings. The minimum atomic E-state index is 0.237. The highest BCUT2D eigenvalue weighted by molar-refractivity contribution is 9.10. The van der Waals surface area contributed by atoms with Crippen molar-refractivity contribution in [3.8, 4) is 0 Å². The Morgan fingerprint density at radius 2 is 2.16 bits per heavy atom. The molecule has 3 rings (SSSR count). The van der Waals surface area contributed by atoms with Gasteiger partial charge in [0.2, 0.25) is 0 Å². The number of fused-ring (bicyclic) bond motifs is 1. The summed E-state index contributed by atoms with van der Waals surface area (Å²) in [4.78, 5) is 6.81. The van der Waals surface area contributed by atoms with E-state index in [2.05, 4.69) is 48.6 Å². The van der Waals surface area contributed by atoms with Crippen molar-refractivity contribution in [3.05, 3.63) is 52.5 Å². The fourth-order valence-electron chi connectivity index (χ4n) is 2.68. The van der Waals surface area contributed by atoms with Gasteiger partial charge in [0, 0.05) is 42.5 Å². The molecule has 2 N–H and O–H groups in total. The van der Waals surface area contributed by atoms with Crippen molar-refractivity contribution in [2.24, 2.45) is 5.73 Å². The third-order valence-electron chi connectivity index (χ3n) is 3.70. The summed E-state index contributed by atoms with van der Waals surface area (Å²) in [5.74, 6) is 1.12. The Labute approximate surface area is 121 Å². The van der Waals surface area contributed by atoms with Crippen LogP contribution in [0.2, 0.25) is 0 Å². The first-order valence-corrected chi connectivity index (χ1v) is 7.27. The van der Waals surface area contributed by atoms with Crippen LogP contribution in [0.3, 0.4) is 0 Å². The highest BCUT2D eigenvalue weighted by Gasteiger charge is 2.25. The lowest BCUT2D eigenvalue weighted by Crippen LogP contribution is -2.39. The average molecular weight is 321 g/mol.